The van der Waals surface area contributed by atoms with Crippen molar-refractivity contribution in [3.63, 3.8) is 0 Å². The molecule has 0 bridgehead atoms. The van der Waals surface area contributed by atoms with Crippen LogP contribution in [0.4, 0.5) is 0 Å². The topological polar surface area (TPSA) is 44.0 Å². The van der Waals surface area contributed by atoms with Gasteiger partial charge in [0.05, 0.1) is 6.20 Å². The SMILES string of the molecule is CCN1CCC(C(C)NC(C)c2cn[nH]c2)CC1. The zero-order valence-electron chi connectivity index (χ0n) is 11.8. The third-order valence-electron chi connectivity index (χ3n) is 4.32. The van der Waals surface area contributed by atoms with Gasteiger partial charge in [-0.2, -0.15) is 5.10 Å². The zero-order chi connectivity index (χ0) is 13.0. The summed E-state index contributed by atoms with van der Waals surface area (Å²) in [6.45, 7) is 10.5. The molecule has 102 valence electrons. The number of nitrogens with zero attached hydrogens (tertiary/aromatic N) is 2. The van der Waals surface area contributed by atoms with Crippen molar-refractivity contribution < 1.29 is 0 Å². The molecule has 4 nitrogen and oxygen atoms in total. The lowest BCUT2D eigenvalue weighted by Gasteiger charge is -2.35. The Labute approximate surface area is 110 Å². The first-order valence-electron chi connectivity index (χ1n) is 7.17. The van der Waals surface area contributed by atoms with E-state index in [0.29, 0.717) is 12.1 Å². The fourth-order valence-electron chi connectivity index (χ4n) is 2.89. The molecule has 1 aromatic heterocycles. The van der Waals surface area contributed by atoms with E-state index in [0.717, 1.165) is 5.92 Å². The summed E-state index contributed by atoms with van der Waals surface area (Å²) in [5, 5.41) is 10.6. The molecule has 1 aromatic rings. The van der Waals surface area contributed by atoms with Crippen molar-refractivity contribution in [2.75, 3.05) is 19.6 Å². The van der Waals surface area contributed by atoms with Crippen molar-refractivity contribution in [2.24, 2.45) is 5.92 Å². The summed E-state index contributed by atoms with van der Waals surface area (Å²) in [7, 11) is 0. The average Bonchev–Trinajstić information content (AvgIpc) is 2.92. The Morgan fingerprint density at radius 1 is 1.44 bits per heavy atom. The van der Waals surface area contributed by atoms with Crippen molar-refractivity contribution in [2.45, 2.75) is 45.7 Å². The second-order valence-electron chi connectivity index (χ2n) is 5.48. The van der Waals surface area contributed by atoms with Crippen LogP contribution in [0.5, 0.6) is 0 Å². The minimum absolute atomic E-state index is 0.378. The molecule has 2 atom stereocenters. The van der Waals surface area contributed by atoms with Crippen LogP contribution in [0.1, 0.15) is 45.2 Å². The van der Waals surface area contributed by atoms with Crippen LogP contribution in [0, 0.1) is 5.92 Å². The van der Waals surface area contributed by atoms with Crippen molar-refractivity contribution in [1.29, 1.82) is 0 Å². The summed E-state index contributed by atoms with van der Waals surface area (Å²) >= 11 is 0. The van der Waals surface area contributed by atoms with Gasteiger partial charge in [0.1, 0.15) is 0 Å². The van der Waals surface area contributed by atoms with Gasteiger partial charge >= 0.3 is 0 Å². The summed E-state index contributed by atoms with van der Waals surface area (Å²) in [6, 6.07) is 0.955. The molecular formula is C14H26N4. The maximum atomic E-state index is 4.01. The minimum atomic E-state index is 0.378. The monoisotopic (exact) mass is 250 g/mol. The van der Waals surface area contributed by atoms with Crippen molar-refractivity contribution in [3.05, 3.63) is 18.0 Å². The lowest BCUT2D eigenvalue weighted by molar-refractivity contribution is 0.165. The maximum Gasteiger partial charge on any atom is 0.0534 e. The summed E-state index contributed by atoms with van der Waals surface area (Å²) in [5.41, 5.74) is 1.24. The van der Waals surface area contributed by atoms with Crippen LogP contribution in [0.15, 0.2) is 12.4 Å². The third-order valence-corrected chi connectivity index (χ3v) is 4.32. The quantitative estimate of drug-likeness (QED) is 0.842. The van der Waals surface area contributed by atoms with Gasteiger partial charge in [0.25, 0.3) is 0 Å². The number of hydrogen-bond acceptors (Lipinski definition) is 3. The number of H-pyrrole nitrogens is 1. The van der Waals surface area contributed by atoms with Gasteiger partial charge in [-0.25, -0.2) is 0 Å². The Bertz CT molecular complexity index is 328. The number of rotatable bonds is 5. The molecule has 2 heterocycles. The van der Waals surface area contributed by atoms with Gasteiger partial charge in [-0.05, 0) is 52.2 Å². The first kappa shape index (κ1) is 13.6. The Kier molecular flexibility index (Phi) is 4.78. The molecule has 2 N–H and O–H groups in total. The number of likely N-dealkylation sites (tertiary alicyclic amines) is 1. The minimum Gasteiger partial charge on any atom is -0.307 e. The lowest BCUT2D eigenvalue weighted by Crippen LogP contribution is -2.42. The highest BCUT2D eigenvalue weighted by Crippen LogP contribution is 2.22. The standard InChI is InChI=1S/C14H26N4/c1-4-18-7-5-13(6-8-18)11(2)17-12(3)14-9-15-16-10-14/h9-13,17H,4-8H2,1-3H3,(H,15,16). The van der Waals surface area contributed by atoms with E-state index in [9.17, 15) is 0 Å². The van der Waals surface area contributed by atoms with Gasteiger partial charge in [-0.15, -0.1) is 0 Å². The predicted octanol–water partition coefficient (Wildman–Crippen LogP) is 2.18. The summed E-state index contributed by atoms with van der Waals surface area (Å²) < 4.78 is 0. The molecule has 0 spiro atoms. The Balaban J connectivity index is 1.80. The second-order valence-corrected chi connectivity index (χ2v) is 5.48. The molecular weight excluding hydrogens is 224 g/mol. The first-order chi connectivity index (χ1) is 8.70. The largest absolute Gasteiger partial charge is 0.307 e. The van der Waals surface area contributed by atoms with Gasteiger partial charge in [0.15, 0.2) is 0 Å². The van der Waals surface area contributed by atoms with Crippen LogP contribution >= 0.6 is 0 Å². The molecule has 1 saturated heterocycles. The van der Waals surface area contributed by atoms with E-state index >= 15 is 0 Å². The molecule has 1 aliphatic rings. The molecule has 4 heteroatoms. The fraction of sp³-hybridized carbons (Fsp3) is 0.786. The van der Waals surface area contributed by atoms with E-state index in [1.807, 2.05) is 12.4 Å². The number of aromatic amines is 1. The van der Waals surface area contributed by atoms with Gasteiger partial charge in [-0.1, -0.05) is 6.92 Å². The highest BCUT2D eigenvalue weighted by Gasteiger charge is 2.24. The van der Waals surface area contributed by atoms with Crippen LogP contribution in [-0.2, 0) is 0 Å². The molecule has 2 unspecified atom stereocenters. The van der Waals surface area contributed by atoms with E-state index in [-0.39, 0.29) is 0 Å². The van der Waals surface area contributed by atoms with Crippen LogP contribution in [-0.4, -0.2) is 40.8 Å². The highest BCUT2D eigenvalue weighted by atomic mass is 15.1. The number of piperidine rings is 1. The molecule has 0 aliphatic carbocycles. The second kappa shape index (κ2) is 6.34. The Morgan fingerprint density at radius 3 is 2.72 bits per heavy atom. The fourth-order valence-corrected chi connectivity index (χ4v) is 2.89. The molecule has 1 aliphatic heterocycles. The van der Waals surface area contributed by atoms with Crippen molar-refractivity contribution in [1.82, 2.24) is 20.4 Å². The molecule has 2 rings (SSSR count). The van der Waals surface area contributed by atoms with Gasteiger partial charge in [0.2, 0.25) is 0 Å². The molecule has 18 heavy (non-hydrogen) atoms. The Morgan fingerprint density at radius 2 is 2.17 bits per heavy atom. The average molecular weight is 250 g/mol. The summed E-state index contributed by atoms with van der Waals surface area (Å²) in [6.07, 6.45) is 6.52. The number of hydrogen-bond donors (Lipinski definition) is 2. The highest BCUT2D eigenvalue weighted by molar-refractivity contribution is 5.08. The van der Waals surface area contributed by atoms with Gasteiger partial charge < -0.3 is 10.2 Å². The molecule has 0 amide bonds. The number of nitrogens with one attached hydrogen (secondary N) is 2. The molecule has 0 radical (unpaired) electrons. The van der Waals surface area contributed by atoms with Crippen LogP contribution in [0.3, 0.4) is 0 Å². The maximum absolute atomic E-state index is 4.01. The molecule has 0 saturated carbocycles. The van der Waals surface area contributed by atoms with E-state index in [4.69, 9.17) is 0 Å². The number of aromatic nitrogens is 2. The van der Waals surface area contributed by atoms with Gasteiger partial charge in [0, 0.05) is 23.8 Å². The van der Waals surface area contributed by atoms with E-state index in [1.54, 1.807) is 0 Å². The van der Waals surface area contributed by atoms with Crippen LogP contribution in [0.2, 0.25) is 0 Å². The van der Waals surface area contributed by atoms with E-state index in [1.165, 1.54) is 38.0 Å². The Hall–Kier alpha value is -0.870. The predicted molar refractivity (Wildman–Crippen MR) is 74.4 cm³/mol. The third kappa shape index (κ3) is 3.33. The summed E-state index contributed by atoms with van der Waals surface area (Å²) in [4.78, 5) is 2.54. The van der Waals surface area contributed by atoms with Crippen LogP contribution in [0.25, 0.3) is 0 Å². The first-order valence-corrected chi connectivity index (χ1v) is 7.17. The molecule has 1 fully saturated rings. The van der Waals surface area contributed by atoms with Crippen LogP contribution < -0.4 is 5.32 Å². The van der Waals surface area contributed by atoms with E-state index in [2.05, 4.69) is 41.2 Å². The van der Waals surface area contributed by atoms with E-state index < -0.39 is 0 Å². The zero-order valence-corrected chi connectivity index (χ0v) is 11.8. The normalized spacial score (nSPS) is 21.9. The lowest BCUT2D eigenvalue weighted by atomic mass is 9.89. The summed E-state index contributed by atoms with van der Waals surface area (Å²) in [5.74, 6) is 0.808. The van der Waals surface area contributed by atoms with Crippen molar-refractivity contribution >= 4 is 0 Å². The smallest absolute Gasteiger partial charge is 0.0534 e. The molecule has 0 aromatic carbocycles. The van der Waals surface area contributed by atoms with Gasteiger partial charge in [-0.3, -0.25) is 5.10 Å². The van der Waals surface area contributed by atoms with Crippen molar-refractivity contribution in [3.8, 4) is 0 Å².